The zero-order valence-corrected chi connectivity index (χ0v) is 16.9. The van der Waals surface area contributed by atoms with Crippen LogP contribution in [0.4, 0.5) is 5.69 Å². The van der Waals surface area contributed by atoms with Crippen LogP contribution in [0.15, 0.2) is 60.9 Å². The highest BCUT2D eigenvalue weighted by Gasteiger charge is 2.21. The lowest BCUT2D eigenvalue weighted by Gasteiger charge is -2.32. The number of carbonyl (C=O) groups excluding carboxylic acids is 1. The van der Waals surface area contributed by atoms with Crippen LogP contribution >= 0.6 is 0 Å². The summed E-state index contributed by atoms with van der Waals surface area (Å²) in [7, 11) is 3.53. The van der Waals surface area contributed by atoms with Crippen molar-refractivity contribution in [3.05, 3.63) is 72.1 Å². The Hall–Kier alpha value is -3.28. The van der Waals surface area contributed by atoms with E-state index in [1.165, 1.54) is 5.56 Å². The van der Waals surface area contributed by atoms with Gasteiger partial charge in [0.05, 0.1) is 25.5 Å². The van der Waals surface area contributed by atoms with Gasteiger partial charge < -0.3 is 14.5 Å². The van der Waals surface area contributed by atoms with Crippen molar-refractivity contribution >= 4 is 11.6 Å². The molecule has 1 aromatic heterocycles. The summed E-state index contributed by atoms with van der Waals surface area (Å²) in [4.78, 5) is 16.8. The zero-order valence-electron chi connectivity index (χ0n) is 16.9. The van der Waals surface area contributed by atoms with E-state index in [-0.39, 0.29) is 5.91 Å². The van der Waals surface area contributed by atoms with Gasteiger partial charge in [0, 0.05) is 37.6 Å². The molecule has 2 aromatic carbocycles. The molecule has 0 aliphatic carbocycles. The molecule has 1 amide bonds. The van der Waals surface area contributed by atoms with Crippen molar-refractivity contribution in [2.75, 3.05) is 32.1 Å². The summed E-state index contributed by atoms with van der Waals surface area (Å²) in [5.74, 6) is 0.964. The molecule has 4 rings (SSSR count). The third-order valence-corrected chi connectivity index (χ3v) is 5.33. The number of hydrogen-bond acceptors (Lipinski definition) is 4. The van der Waals surface area contributed by atoms with Crippen molar-refractivity contribution in [3.8, 4) is 11.4 Å². The average Bonchev–Trinajstić information content (AvgIpc) is 3.22. The lowest BCUT2D eigenvalue weighted by atomic mass is 10.0. The van der Waals surface area contributed by atoms with Gasteiger partial charge in [-0.25, -0.2) is 4.68 Å². The third kappa shape index (κ3) is 4.26. The predicted molar refractivity (Wildman–Crippen MR) is 114 cm³/mol. The highest BCUT2D eigenvalue weighted by Crippen LogP contribution is 2.30. The monoisotopic (exact) mass is 390 g/mol. The van der Waals surface area contributed by atoms with Gasteiger partial charge in [0.15, 0.2) is 0 Å². The van der Waals surface area contributed by atoms with Gasteiger partial charge in [-0.3, -0.25) is 4.79 Å². The van der Waals surface area contributed by atoms with E-state index in [9.17, 15) is 4.79 Å². The minimum absolute atomic E-state index is 0.0983. The largest absolute Gasteiger partial charge is 0.497 e. The first-order chi connectivity index (χ1) is 14.1. The van der Waals surface area contributed by atoms with E-state index in [0.717, 1.165) is 42.1 Å². The molecular weight excluding hydrogens is 364 g/mol. The molecule has 0 radical (unpaired) electrons. The van der Waals surface area contributed by atoms with Crippen LogP contribution in [0.3, 0.4) is 0 Å². The van der Waals surface area contributed by atoms with Gasteiger partial charge in [-0.2, -0.15) is 5.10 Å². The lowest BCUT2D eigenvalue weighted by molar-refractivity contribution is -0.129. The molecule has 1 aliphatic heterocycles. The second-order valence-corrected chi connectivity index (χ2v) is 7.40. The fraction of sp³-hybridized carbons (Fsp3) is 0.304. The highest BCUT2D eigenvalue weighted by atomic mass is 16.5. The minimum atomic E-state index is 0.0983. The Morgan fingerprint density at radius 2 is 2.03 bits per heavy atom. The molecule has 150 valence electrons. The summed E-state index contributed by atoms with van der Waals surface area (Å²) in [5, 5.41) is 4.42. The first-order valence-corrected chi connectivity index (χ1v) is 9.89. The number of fused-ring (bicyclic) bond motifs is 1. The summed E-state index contributed by atoms with van der Waals surface area (Å²) < 4.78 is 7.17. The quantitative estimate of drug-likeness (QED) is 0.648. The van der Waals surface area contributed by atoms with Crippen LogP contribution in [-0.2, 0) is 17.8 Å². The SMILES string of the molecule is COc1ccc2c(c1)CCCN2CC(=O)N(C)Cc1cnn(-c2ccccc2)c1. The summed E-state index contributed by atoms with van der Waals surface area (Å²) in [5.41, 5.74) is 4.40. The fourth-order valence-corrected chi connectivity index (χ4v) is 3.75. The number of hydrogen-bond donors (Lipinski definition) is 0. The summed E-state index contributed by atoms with van der Waals surface area (Å²) in [6.45, 7) is 1.81. The Balaban J connectivity index is 1.40. The van der Waals surface area contributed by atoms with E-state index in [4.69, 9.17) is 4.74 Å². The Labute approximate surface area is 171 Å². The Morgan fingerprint density at radius 1 is 1.21 bits per heavy atom. The van der Waals surface area contributed by atoms with Gasteiger partial charge in [-0.15, -0.1) is 0 Å². The van der Waals surface area contributed by atoms with Crippen molar-refractivity contribution in [3.63, 3.8) is 0 Å². The van der Waals surface area contributed by atoms with E-state index < -0.39 is 0 Å². The fourth-order valence-electron chi connectivity index (χ4n) is 3.75. The smallest absolute Gasteiger partial charge is 0.242 e. The van der Waals surface area contributed by atoms with Crippen molar-refractivity contribution in [2.24, 2.45) is 0 Å². The molecule has 0 bridgehead atoms. The van der Waals surface area contributed by atoms with Gasteiger partial charge in [0.25, 0.3) is 0 Å². The number of likely N-dealkylation sites (N-methyl/N-ethyl adjacent to an activating group) is 1. The van der Waals surface area contributed by atoms with E-state index in [2.05, 4.69) is 22.1 Å². The van der Waals surface area contributed by atoms with E-state index in [0.29, 0.717) is 13.1 Å². The molecule has 2 heterocycles. The second kappa shape index (κ2) is 8.39. The Morgan fingerprint density at radius 3 is 2.83 bits per heavy atom. The molecule has 0 atom stereocenters. The zero-order chi connectivity index (χ0) is 20.2. The second-order valence-electron chi connectivity index (χ2n) is 7.40. The first-order valence-electron chi connectivity index (χ1n) is 9.89. The molecule has 0 unspecified atom stereocenters. The molecule has 0 saturated carbocycles. The van der Waals surface area contributed by atoms with Crippen molar-refractivity contribution in [1.29, 1.82) is 0 Å². The normalized spacial score (nSPS) is 13.1. The summed E-state index contributed by atoms with van der Waals surface area (Å²) >= 11 is 0. The van der Waals surface area contributed by atoms with E-state index in [1.807, 2.05) is 60.5 Å². The maximum atomic E-state index is 12.9. The first kappa shape index (κ1) is 19.1. The highest BCUT2D eigenvalue weighted by molar-refractivity contribution is 5.82. The van der Waals surface area contributed by atoms with Crippen LogP contribution in [0.5, 0.6) is 5.75 Å². The number of carbonyl (C=O) groups is 1. The third-order valence-electron chi connectivity index (χ3n) is 5.33. The molecule has 0 spiro atoms. The Kier molecular flexibility index (Phi) is 5.51. The van der Waals surface area contributed by atoms with Crippen molar-refractivity contribution in [1.82, 2.24) is 14.7 Å². The number of benzene rings is 2. The number of anilines is 1. The van der Waals surface area contributed by atoms with Gasteiger partial charge in [-0.1, -0.05) is 18.2 Å². The number of para-hydroxylation sites is 1. The van der Waals surface area contributed by atoms with Gasteiger partial charge in [0.1, 0.15) is 5.75 Å². The van der Waals surface area contributed by atoms with Crippen molar-refractivity contribution < 1.29 is 9.53 Å². The number of ether oxygens (including phenoxy) is 1. The number of methoxy groups -OCH3 is 1. The van der Waals surface area contributed by atoms with E-state index >= 15 is 0 Å². The van der Waals surface area contributed by atoms with Crippen LogP contribution in [0.25, 0.3) is 5.69 Å². The van der Waals surface area contributed by atoms with Crippen LogP contribution in [-0.4, -0.2) is 47.8 Å². The van der Waals surface area contributed by atoms with Crippen molar-refractivity contribution in [2.45, 2.75) is 19.4 Å². The number of aryl methyl sites for hydroxylation is 1. The summed E-state index contributed by atoms with van der Waals surface area (Å²) in [6, 6.07) is 16.1. The summed E-state index contributed by atoms with van der Waals surface area (Å²) in [6.07, 6.45) is 5.85. The van der Waals surface area contributed by atoms with Crippen LogP contribution in [0.2, 0.25) is 0 Å². The van der Waals surface area contributed by atoms with Gasteiger partial charge >= 0.3 is 0 Å². The van der Waals surface area contributed by atoms with E-state index in [1.54, 1.807) is 12.0 Å². The standard InChI is InChI=1S/C23H26N4O2/c1-25(15-18-14-24-27(16-18)20-8-4-3-5-9-20)23(28)17-26-12-6-7-19-13-21(29-2)10-11-22(19)26/h3-5,8-11,13-14,16H,6-7,12,15,17H2,1-2H3. The number of aromatic nitrogens is 2. The number of rotatable bonds is 6. The van der Waals surface area contributed by atoms with Crippen LogP contribution < -0.4 is 9.64 Å². The number of amides is 1. The minimum Gasteiger partial charge on any atom is -0.497 e. The molecule has 29 heavy (non-hydrogen) atoms. The maximum Gasteiger partial charge on any atom is 0.242 e. The maximum absolute atomic E-state index is 12.9. The average molecular weight is 390 g/mol. The molecule has 3 aromatic rings. The molecule has 0 N–H and O–H groups in total. The molecule has 0 fully saturated rings. The molecule has 6 nitrogen and oxygen atoms in total. The number of nitrogens with zero attached hydrogens (tertiary/aromatic N) is 4. The van der Waals surface area contributed by atoms with Gasteiger partial charge in [-0.05, 0) is 48.7 Å². The van der Waals surface area contributed by atoms with Crippen LogP contribution in [0.1, 0.15) is 17.5 Å². The topological polar surface area (TPSA) is 50.6 Å². The lowest BCUT2D eigenvalue weighted by Crippen LogP contribution is -2.40. The molecule has 0 saturated heterocycles. The Bertz CT molecular complexity index is 984. The van der Waals surface area contributed by atoms with Gasteiger partial charge in [0.2, 0.25) is 5.91 Å². The predicted octanol–water partition coefficient (Wildman–Crippen LogP) is 3.29. The molecule has 1 aliphatic rings. The molecule has 6 heteroatoms. The van der Waals surface area contributed by atoms with Crippen LogP contribution in [0, 0.1) is 0 Å². The molecular formula is C23H26N4O2.